The van der Waals surface area contributed by atoms with E-state index in [0.717, 1.165) is 25.3 Å². The Morgan fingerprint density at radius 2 is 2.05 bits per heavy atom. The fourth-order valence-corrected chi connectivity index (χ4v) is 3.15. The van der Waals surface area contributed by atoms with Gasteiger partial charge in [-0.05, 0) is 44.4 Å². The van der Waals surface area contributed by atoms with E-state index in [2.05, 4.69) is 15.9 Å². The molecule has 0 bridgehead atoms. The molecule has 20 heavy (non-hydrogen) atoms. The van der Waals surface area contributed by atoms with Crippen molar-refractivity contribution in [2.75, 3.05) is 11.4 Å². The van der Waals surface area contributed by atoms with Gasteiger partial charge in [0.25, 0.3) is 0 Å². The molecule has 1 aromatic rings. The molecule has 2 nitrogen and oxygen atoms in total. The lowest BCUT2D eigenvalue weighted by atomic mass is 9.95. The lowest BCUT2D eigenvalue weighted by Gasteiger charge is -2.41. The first-order valence-corrected chi connectivity index (χ1v) is 7.49. The van der Waals surface area contributed by atoms with Crippen LogP contribution in [0.3, 0.4) is 0 Å². The van der Waals surface area contributed by atoms with Crippen LogP contribution >= 0.6 is 15.9 Å². The molecule has 2 N–H and O–H groups in total. The Bertz CT molecular complexity index is 474. The van der Waals surface area contributed by atoms with E-state index in [0.29, 0.717) is 11.0 Å². The van der Waals surface area contributed by atoms with E-state index in [1.165, 1.54) is 6.07 Å². The average molecular weight is 351 g/mol. The van der Waals surface area contributed by atoms with Gasteiger partial charge >= 0.3 is 6.18 Å². The normalized spacial score (nSPS) is 21.9. The molecule has 1 heterocycles. The summed E-state index contributed by atoms with van der Waals surface area (Å²) < 4.78 is 40.1. The molecule has 2 unspecified atom stereocenters. The molecule has 0 saturated carbocycles. The monoisotopic (exact) mass is 350 g/mol. The summed E-state index contributed by atoms with van der Waals surface area (Å²) in [4.78, 5) is 1.82. The Balaban J connectivity index is 2.45. The van der Waals surface area contributed by atoms with Crippen molar-refractivity contribution >= 4 is 21.6 Å². The summed E-state index contributed by atoms with van der Waals surface area (Å²) in [6.07, 6.45) is -1.61. The zero-order chi connectivity index (χ0) is 14.9. The highest BCUT2D eigenvalue weighted by atomic mass is 79.9. The van der Waals surface area contributed by atoms with Gasteiger partial charge in [-0.25, -0.2) is 0 Å². The van der Waals surface area contributed by atoms with Crippen LogP contribution in [0.4, 0.5) is 18.9 Å². The lowest BCUT2D eigenvalue weighted by Crippen LogP contribution is -2.49. The predicted octanol–water partition coefficient (Wildman–Crippen LogP) is 4.17. The van der Waals surface area contributed by atoms with E-state index < -0.39 is 11.7 Å². The maximum atomic E-state index is 13.2. The second kappa shape index (κ2) is 5.93. The van der Waals surface area contributed by atoms with Crippen molar-refractivity contribution in [1.29, 1.82) is 0 Å². The van der Waals surface area contributed by atoms with Crippen molar-refractivity contribution < 1.29 is 13.2 Å². The summed E-state index contributed by atoms with van der Waals surface area (Å²) in [6, 6.07) is 4.14. The highest BCUT2D eigenvalue weighted by molar-refractivity contribution is 9.10. The van der Waals surface area contributed by atoms with Crippen LogP contribution in [0.5, 0.6) is 0 Å². The van der Waals surface area contributed by atoms with Gasteiger partial charge in [-0.15, -0.1) is 0 Å². The van der Waals surface area contributed by atoms with Gasteiger partial charge in [0.15, 0.2) is 0 Å². The molecule has 1 fully saturated rings. The minimum Gasteiger partial charge on any atom is -0.367 e. The van der Waals surface area contributed by atoms with Crippen molar-refractivity contribution in [3.05, 3.63) is 28.2 Å². The summed E-state index contributed by atoms with van der Waals surface area (Å²) in [5.74, 6) is 0. The van der Waals surface area contributed by atoms with E-state index in [1.54, 1.807) is 6.07 Å². The molecular formula is C14H18BrF3N2. The predicted molar refractivity (Wildman–Crippen MR) is 77.8 cm³/mol. The largest absolute Gasteiger partial charge is 0.418 e. The van der Waals surface area contributed by atoms with Crippen LogP contribution in [0.1, 0.15) is 31.7 Å². The van der Waals surface area contributed by atoms with Crippen molar-refractivity contribution in [3.63, 3.8) is 0 Å². The number of piperidine rings is 1. The van der Waals surface area contributed by atoms with E-state index in [1.807, 2.05) is 11.8 Å². The Labute approximate surface area is 125 Å². The molecule has 0 amide bonds. The molecule has 0 spiro atoms. The number of hydrogen-bond acceptors (Lipinski definition) is 2. The van der Waals surface area contributed by atoms with Gasteiger partial charge in [0.1, 0.15) is 0 Å². The van der Waals surface area contributed by atoms with E-state index >= 15 is 0 Å². The van der Waals surface area contributed by atoms with Crippen molar-refractivity contribution in [2.24, 2.45) is 5.73 Å². The third kappa shape index (κ3) is 3.28. The van der Waals surface area contributed by atoms with Gasteiger partial charge in [-0.1, -0.05) is 15.9 Å². The van der Waals surface area contributed by atoms with Crippen LogP contribution in [0.2, 0.25) is 0 Å². The van der Waals surface area contributed by atoms with Crippen LogP contribution in [0, 0.1) is 0 Å². The van der Waals surface area contributed by atoms with Gasteiger partial charge < -0.3 is 10.6 Å². The summed E-state index contributed by atoms with van der Waals surface area (Å²) in [5.41, 5.74) is 5.59. The summed E-state index contributed by atoms with van der Waals surface area (Å²) in [6.45, 7) is 2.48. The molecule has 1 aromatic carbocycles. The molecule has 0 aromatic heterocycles. The summed E-state index contributed by atoms with van der Waals surface area (Å²) in [7, 11) is 0. The van der Waals surface area contributed by atoms with Gasteiger partial charge in [0.2, 0.25) is 0 Å². The minimum absolute atomic E-state index is 0.0361. The van der Waals surface area contributed by atoms with Crippen molar-refractivity contribution in [2.45, 2.75) is 44.4 Å². The van der Waals surface area contributed by atoms with Gasteiger partial charge in [0.05, 0.1) is 5.56 Å². The maximum Gasteiger partial charge on any atom is 0.418 e. The first-order chi connectivity index (χ1) is 9.30. The van der Waals surface area contributed by atoms with E-state index in [-0.39, 0.29) is 17.8 Å². The summed E-state index contributed by atoms with van der Waals surface area (Å²) >= 11 is 3.11. The minimum atomic E-state index is -4.36. The quantitative estimate of drug-likeness (QED) is 0.866. The maximum absolute atomic E-state index is 13.2. The number of halogens is 4. The Kier molecular flexibility index (Phi) is 4.64. The summed E-state index contributed by atoms with van der Waals surface area (Å²) in [5, 5.41) is 0. The van der Waals surface area contributed by atoms with Crippen LogP contribution in [-0.2, 0) is 6.18 Å². The highest BCUT2D eigenvalue weighted by Gasteiger charge is 2.37. The second-order valence-electron chi connectivity index (χ2n) is 5.27. The number of hydrogen-bond donors (Lipinski definition) is 1. The van der Waals surface area contributed by atoms with Crippen molar-refractivity contribution in [1.82, 2.24) is 0 Å². The van der Waals surface area contributed by atoms with Crippen LogP contribution in [-0.4, -0.2) is 18.6 Å². The zero-order valence-electron chi connectivity index (χ0n) is 11.3. The van der Waals surface area contributed by atoms with Crippen LogP contribution < -0.4 is 10.6 Å². The van der Waals surface area contributed by atoms with E-state index in [9.17, 15) is 13.2 Å². The molecule has 2 atom stereocenters. The highest BCUT2D eigenvalue weighted by Crippen LogP contribution is 2.40. The SMILES string of the molecule is CC(N)C1CCCCN1c1ccc(Br)cc1C(F)(F)F. The fourth-order valence-electron chi connectivity index (χ4n) is 2.79. The van der Waals surface area contributed by atoms with Crippen LogP contribution in [0.15, 0.2) is 22.7 Å². The Morgan fingerprint density at radius 3 is 2.65 bits per heavy atom. The Hall–Kier alpha value is -0.750. The smallest absolute Gasteiger partial charge is 0.367 e. The average Bonchev–Trinajstić information content (AvgIpc) is 2.37. The molecular weight excluding hydrogens is 333 g/mol. The van der Waals surface area contributed by atoms with E-state index in [4.69, 9.17) is 5.73 Å². The third-order valence-corrected chi connectivity index (χ3v) is 4.22. The lowest BCUT2D eigenvalue weighted by molar-refractivity contribution is -0.137. The van der Waals surface area contributed by atoms with Gasteiger partial charge in [-0.2, -0.15) is 13.2 Å². The van der Waals surface area contributed by atoms with Crippen LogP contribution in [0.25, 0.3) is 0 Å². The van der Waals surface area contributed by atoms with Crippen molar-refractivity contribution in [3.8, 4) is 0 Å². The second-order valence-corrected chi connectivity index (χ2v) is 6.19. The van der Waals surface area contributed by atoms with Gasteiger partial charge in [-0.3, -0.25) is 0 Å². The molecule has 0 radical (unpaired) electrons. The van der Waals surface area contributed by atoms with Gasteiger partial charge in [0, 0.05) is 28.8 Å². The molecule has 2 rings (SSSR count). The molecule has 6 heteroatoms. The number of anilines is 1. The molecule has 1 saturated heterocycles. The number of benzene rings is 1. The number of nitrogens with zero attached hydrogens (tertiary/aromatic N) is 1. The zero-order valence-corrected chi connectivity index (χ0v) is 12.8. The fraction of sp³-hybridized carbons (Fsp3) is 0.571. The molecule has 1 aliphatic heterocycles. The molecule has 0 aliphatic carbocycles. The number of alkyl halides is 3. The molecule has 112 valence electrons. The number of rotatable bonds is 2. The topological polar surface area (TPSA) is 29.3 Å². The number of nitrogens with two attached hydrogens (primary N) is 1. The first-order valence-electron chi connectivity index (χ1n) is 6.69. The standard InChI is InChI=1S/C14H18BrF3N2/c1-9(19)12-4-2-3-7-20(12)13-6-5-10(15)8-11(13)14(16,17)18/h5-6,8-9,12H,2-4,7,19H2,1H3. The Morgan fingerprint density at radius 1 is 1.35 bits per heavy atom. The first kappa shape index (κ1) is 15.6. The molecule has 1 aliphatic rings. The third-order valence-electron chi connectivity index (χ3n) is 3.73.